The van der Waals surface area contributed by atoms with Crippen LogP contribution < -0.4 is 5.32 Å². The SMILES string of the molecule is Cn1ccnc1S[C@H](C(=O)Nc1ccc([N+](=O)[O-])cc1Cl)c1ccccc1. The zero-order chi connectivity index (χ0) is 19.4. The molecule has 1 amide bonds. The second-order valence-corrected chi connectivity index (χ2v) is 7.12. The van der Waals surface area contributed by atoms with Gasteiger partial charge in [-0.05, 0) is 11.6 Å². The number of carbonyl (C=O) groups excluding carboxylic acids is 1. The molecule has 138 valence electrons. The molecule has 0 radical (unpaired) electrons. The van der Waals surface area contributed by atoms with E-state index in [1.54, 1.807) is 12.4 Å². The van der Waals surface area contributed by atoms with E-state index in [0.717, 1.165) is 5.56 Å². The number of anilines is 1. The first kappa shape index (κ1) is 18.9. The highest BCUT2D eigenvalue weighted by molar-refractivity contribution is 8.00. The minimum Gasteiger partial charge on any atom is -0.329 e. The lowest BCUT2D eigenvalue weighted by molar-refractivity contribution is -0.384. The van der Waals surface area contributed by atoms with Gasteiger partial charge in [0.15, 0.2) is 5.16 Å². The normalized spacial score (nSPS) is 11.8. The van der Waals surface area contributed by atoms with Gasteiger partial charge in [0.1, 0.15) is 5.25 Å². The second-order valence-electron chi connectivity index (χ2n) is 5.64. The molecule has 0 aliphatic carbocycles. The molecule has 0 bridgehead atoms. The van der Waals surface area contributed by atoms with Gasteiger partial charge < -0.3 is 9.88 Å². The Bertz CT molecular complexity index is 978. The Morgan fingerprint density at radius 1 is 1.30 bits per heavy atom. The lowest BCUT2D eigenvalue weighted by Gasteiger charge is -2.17. The maximum atomic E-state index is 13.0. The van der Waals surface area contributed by atoms with E-state index in [1.807, 2.05) is 41.9 Å². The molecular weight excluding hydrogens is 388 g/mol. The zero-order valence-electron chi connectivity index (χ0n) is 14.2. The molecule has 3 rings (SSSR count). The number of hydrogen-bond acceptors (Lipinski definition) is 5. The summed E-state index contributed by atoms with van der Waals surface area (Å²) >= 11 is 7.40. The molecule has 9 heteroatoms. The van der Waals surface area contributed by atoms with Gasteiger partial charge in [-0.2, -0.15) is 0 Å². The minimum atomic E-state index is -0.571. The highest BCUT2D eigenvalue weighted by Crippen LogP contribution is 2.36. The fourth-order valence-corrected chi connectivity index (χ4v) is 3.63. The van der Waals surface area contributed by atoms with Crippen LogP contribution in [0.3, 0.4) is 0 Å². The molecule has 7 nitrogen and oxygen atoms in total. The Hall–Kier alpha value is -2.84. The number of non-ortho nitro benzene ring substituents is 1. The van der Waals surface area contributed by atoms with Gasteiger partial charge in [0.25, 0.3) is 5.69 Å². The van der Waals surface area contributed by atoms with Crippen LogP contribution in [0.15, 0.2) is 66.1 Å². The molecule has 1 aromatic heterocycles. The predicted molar refractivity (Wildman–Crippen MR) is 105 cm³/mol. The van der Waals surface area contributed by atoms with Crippen molar-refractivity contribution in [1.29, 1.82) is 0 Å². The van der Waals surface area contributed by atoms with Gasteiger partial charge in [-0.3, -0.25) is 14.9 Å². The number of hydrogen-bond donors (Lipinski definition) is 1. The third-order valence-electron chi connectivity index (χ3n) is 3.76. The van der Waals surface area contributed by atoms with Gasteiger partial charge in [-0.25, -0.2) is 4.98 Å². The van der Waals surface area contributed by atoms with Crippen LogP contribution in [0.25, 0.3) is 0 Å². The number of nitro groups is 1. The fraction of sp³-hybridized carbons (Fsp3) is 0.111. The number of nitrogens with zero attached hydrogens (tertiary/aromatic N) is 3. The Labute approximate surface area is 164 Å². The third kappa shape index (κ3) is 4.47. The first-order valence-corrected chi connectivity index (χ1v) is 9.15. The largest absolute Gasteiger partial charge is 0.329 e. The molecule has 0 fully saturated rings. The smallest absolute Gasteiger partial charge is 0.271 e. The second kappa shape index (κ2) is 8.24. The van der Waals surface area contributed by atoms with E-state index in [1.165, 1.54) is 30.0 Å². The average molecular weight is 403 g/mol. The molecule has 0 aliphatic heterocycles. The molecule has 3 aromatic rings. The van der Waals surface area contributed by atoms with E-state index in [-0.39, 0.29) is 16.6 Å². The van der Waals surface area contributed by atoms with Gasteiger partial charge in [0, 0.05) is 31.6 Å². The number of halogens is 1. The number of carbonyl (C=O) groups is 1. The minimum absolute atomic E-state index is 0.103. The number of aromatic nitrogens is 2. The van der Waals surface area contributed by atoms with E-state index in [4.69, 9.17) is 11.6 Å². The number of imidazole rings is 1. The summed E-state index contributed by atoms with van der Waals surface area (Å²) in [6, 6.07) is 13.2. The number of rotatable bonds is 6. The van der Waals surface area contributed by atoms with Crippen LogP contribution in [0.1, 0.15) is 10.8 Å². The molecule has 1 heterocycles. The highest BCUT2D eigenvalue weighted by atomic mass is 35.5. The summed E-state index contributed by atoms with van der Waals surface area (Å²) in [4.78, 5) is 27.5. The van der Waals surface area contributed by atoms with Crippen LogP contribution >= 0.6 is 23.4 Å². The topological polar surface area (TPSA) is 90.1 Å². The predicted octanol–water partition coefficient (Wildman–Crippen LogP) is 4.45. The molecular formula is C18H15ClN4O3S. The Kier molecular flexibility index (Phi) is 5.78. The first-order valence-electron chi connectivity index (χ1n) is 7.89. The van der Waals surface area contributed by atoms with Crippen molar-refractivity contribution in [3.05, 3.63) is 81.6 Å². The van der Waals surface area contributed by atoms with Crippen LogP contribution in [0.5, 0.6) is 0 Å². The van der Waals surface area contributed by atoms with Crippen molar-refractivity contribution in [1.82, 2.24) is 9.55 Å². The van der Waals surface area contributed by atoms with Gasteiger partial charge in [-0.1, -0.05) is 53.7 Å². The number of benzene rings is 2. The van der Waals surface area contributed by atoms with Crippen molar-refractivity contribution in [2.45, 2.75) is 10.4 Å². The Morgan fingerprint density at radius 3 is 2.63 bits per heavy atom. The van der Waals surface area contributed by atoms with E-state index in [2.05, 4.69) is 10.3 Å². The summed E-state index contributed by atoms with van der Waals surface area (Å²) in [6.45, 7) is 0. The number of amides is 1. The quantitative estimate of drug-likeness (QED) is 0.373. The van der Waals surface area contributed by atoms with Crippen molar-refractivity contribution in [2.75, 3.05) is 5.32 Å². The van der Waals surface area contributed by atoms with Gasteiger partial charge in [-0.15, -0.1) is 0 Å². The monoisotopic (exact) mass is 402 g/mol. The Morgan fingerprint density at radius 2 is 2.04 bits per heavy atom. The molecule has 0 saturated heterocycles. The molecule has 1 N–H and O–H groups in total. The summed E-state index contributed by atoms with van der Waals surface area (Å²) in [5.41, 5.74) is 0.981. The molecule has 0 aliphatic rings. The fourth-order valence-electron chi connectivity index (χ4n) is 2.39. The molecule has 0 unspecified atom stereocenters. The molecule has 2 aromatic carbocycles. The zero-order valence-corrected chi connectivity index (χ0v) is 15.8. The third-order valence-corrected chi connectivity index (χ3v) is 5.40. The van der Waals surface area contributed by atoms with Crippen LogP contribution in [0, 0.1) is 10.1 Å². The first-order chi connectivity index (χ1) is 13.0. The number of nitrogens with one attached hydrogen (secondary N) is 1. The molecule has 0 spiro atoms. The van der Waals surface area contributed by atoms with Gasteiger partial charge in [0.2, 0.25) is 5.91 Å². The highest BCUT2D eigenvalue weighted by Gasteiger charge is 2.24. The van der Waals surface area contributed by atoms with Crippen LogP contribution in [-0.4, -0.2) is 20.4 Å². The van der Waals surface area contributed by atoms with Gasteiger partial charge in [0.05, 0.1) is 15.6 Å². The summed E-state index contributed by atoms with van der Waals surface area (Å²) < 4.78 is 1.83. The molecule has 27 heavy (non-hydrogen) atoms. The summed E-state index contributed by atoms with van der Waals surface area (Å²) in [5.74, 6) is -0.301. The van der Waals surface area contributed by atoms with Crippen molar-refractivity contribution < 1.29 is 9.72 Å². The van der Waals surface area contributed by atoms with Gasteiger partial charge >= 0.3 is 0 Å². The van der Waals surface area contributed by atoms with Crippen LogP contribution in [0.4, 0.5) is 11.4 Å². The summed E-state index contributed by atoms with van der Waals surface area (Å²) in [6.07, 6.45) is 3.46. The number of thioether (sulfide) groups is 1. The number of nitro benzene ring substituents is 1. The molecule has 1 atom stereocenters. The summed E-state index contributed by atoms with van der Waals surface area (Å²) in [5, 5.41) is 13.8. The van der Waals surface area contributed by atoms with Crippen molar-refractivity contribution in [3.8, 4) is 0 Å². The van der Waals surface area contributed by atoms with Crippen molar-refractivity contribution in [2.24, 2.45) is 7.05 Å². The van der Waals surface area contributed by atoms with Crippen molar-refractivity contribution >= 4 is 40.6 Å². The lowest BCUT2D eigenvalue weighted by atomic mass is 10.1. The van der Waals surface area contributed by atoms with Crippen LogP contribution in [-0.2, 0) is 11.8 Å². The lowest BCUT2D eigenvalue weighted by Crippen LogP contribution is -2.19. The van der Waals surface area contributed by atoms with Crippen molar-refractivity contribution in [3.63, 3.8) is 0 Å². The van der Waals surface area contributed by atoms with E-state index < -0.39 is 10.2 Å². The Balaban J connectivity index is 1.87. The van der Waals surface area contributed by atoms with E-state index >= 15 is 0 Å². The van der Waals surface area contributed by atoms with Crippen LogP contribution in [0.2, 0.25) is 5.02 Å². The van der Waals surface area contributed by atoms with E-state index in [0.29, 0.717) is 10.8 Å². The summed E-state index contributed by atoms with van der Waals surface area (Å²) in [7, 11) is 1.85. The standard InChI is InChI=1S/C18H15ClN4O3S/c1-22-10-9-20-18(22)27-16(12-5-3-2-4-6-12)17(24)21-15-8-7-13(23(25)26)11-14(15)19/h2-11,16H,1H3,(H,21,24)/t16-/m0/s1. The maximum Gasteiger partial charge on any atom is 0.271 e. The average Bonchev–Trinajstić information content (AvgIpc) is 3.06. The maximum absolute atomic E-state index is 13.0. The molecule has 0 saturated carbocycles. The van der Waals surface area contributed by atoms with E-state index in [9.17, 15) is 14.9 Å². The number of aryl methyl sites for hydroxylation is 1.